The van der Waals surface area contributed by atoms with E-state index in [0.29, 0.717) is 11.5 Å². The molecule has 0 spiro atoms. The van der Waals surface area contributed by atoms with Crippen molar-refractivity contribution in [3.05, 3.63) is 66.2 Å². The quantitative estimate of drug-likeness (QED) is 0.699. The Morgan fingerprint density at radius 1 is 0.923 bits per heavy atom. The van der Waals surface area contributed by atoms with Crippen molar-refractivity contribution >= 4 is 17.5 Å². The first kappa shape index (κ1) is 17.4. The van der Waals surface area contributed by atoms with Crippen molar-refractivity contribution in [2.24, 2.45) is 0 Å². The molecule has 0 radical (unpaired) electrons. The molecule has 5 heteroatoms. The van der Waals surface area contributed by atoms with Gasteiger partial charge in [-0.05, 0) is 45.0 Å². The van der Waals surface area contributed by atoms with E-state index in [-0.39, 0.29) is 5.54 Å². The van der Waals surface area contributed by atoms with Gasteiger partial charge in [0, 0.05) is 22.9 Å². The minimum Gasteiger partial charge on any atom is -0.365 e. The highest BCUT2D eigenvalue weighted by atomic mass is 15.2. The third kappa shape index (κ3) is 4.58. The van der Waals surface area contributed by atoms with E-state index in [2.05, 4.69) is 47.4 Å². The van der Waals surface area contributed by atoms with Crippen LogP contribution in [-0.2, 0) is 0 Å². The zero-order valence-electron chi connectivity index (χ0n) is 15.1. The van der Waals surface area contributed by atoms with Crippen LogP contribution in [-0.4, -0.2) is 15.5 Å². The lowest BCUT2D eigenvalue weighted by Crippen LogP contribution is -2.26. The molecule has 0 atom stereocenters. The predicted octanol–water partition coefficient (Wildman–Crippen LogP) is 4.97. The fourth-order valence-corrected chi connectivity index (χ4v) is 2.47. The smallest absolute Gasteiger partial charge is 0.229 e. The predicted molar refractivity (Wildman–Crippen MR) is 105 cm³/mol. The summed E-state index contributed by atoms with van der Waals surface area (Å²) in [6, 6.07) is 21.3. The van der Waals surface area contributed by atoms with Crippen LogP contribution in [0.25, 0.3) is 11.3 Å². The highest BCUT2D eigenvalue weighted by Gasteiger charge is 2.13. The zero-order valence-corrected chi connectivity index (χ0v) is 15.1. The van der Waals surface area contributed by atoms with E-state index in [0.717, 1.165) is 22.8 Å². The highest BCUT2D eigenvalue weighted by molar-refractivity contribution is 5.66. The average Bonchev–Trinajstić information content (AvgIpc) is 2.61. The molecule has 0 saturated heterocycles. The monoisotopic (exact) mass is 343 g/mol. The van der Waals surface area contributed by atoms with Crippen molar-refractivity contribution in [1.82, 2.24) is 9.97 Å². The number of rotatable bonds is 4. The van der Waals surface area contributed by atoms with E-state index >= 15 is 0 Å². The number of anilines is 3. The van der Waals surface area contributed by atoms with Crippen LogP contribution >= 0.6 is 0 Å². The molecule has 2 aromatic carbocycles. The Hall–Kier alpha value is -3.39. The van der Waals surface area contributed by atoms with Crippen LogP contribution in [0.15, 0.2) is 60.7 Å². The Morgan fingerprint density at radius 3 is 2.23 bits per heavy atom. The molecule has 0 amide bonds. The van der Waals surface area contributed by atoms with Crippen LogP contribution in [0, 0.1) is 11.3 Å². The van der Waals surface area contributed by atoms with E-state index in [1.165, 1.54) is 0 Å². The highest BCUT2D eigenvalue weighted by Crippen LogP contribution is 2.24. The molecule has 0 aliphatic rings. The van der Waals surface area contributed by atoms with E-state index < -0.39 is 0 Å². The lowest BCUT2D eigenvalue weighted by Gasteiger charge is -2.22. The Balaban J connectivity index is 1.97. The molecule has 3 aromatic rings. The fraction of sp³-hybridized carbons (Fsp3) is 0.190. The molecule has 0 aliphatic carbocycles. The van der Waals surface area contributed by atoms with Gasteiger partial charge in [-0.1, -0.05) is 30.3 Å². The van der Waals surface area contributed by atoms with Crippen LogP contribution in [0.1, 0.15) is 26.3 Å². The van der Waals surface area contributed by atoms with Crippen LogP contribution in [0.5, 0.6) is 0 Å². The van der Waals surface area contributed by atoms with Gasteiger partial charge in [-0.15, -0.1) is 0 Å². The van der Waals surface area contributed by atoms with Crippen molar-refractivity contribution in [2.75, 3.05) is 10.6 Å². The molecule has 5 nitrogen and oxygen atoms in total. The third-order valence-corrected chi connectivity index (χ3v) is 3.57. The molecule has 3 rings (SSSR count). The lowest BCUT2D eigenvalue weighted by atomic mass is 10.1. The summed E-state index contributed by atoms with van der Waals surface area (Å²) in [5, 5.41) is 15.5. The number of hydrogen-bond donors (Lipinski definition) is 2. The standard InChI is InChI=1S/C21H21N5/c1-21(2,3)26-19-13-18(16-7-5-4-6-8-16)24-20(25-19)23-17-11-9-15(14-22)10-12-17/h4-13H,1-3H3,(H2,23,24,25,26). The maximum absolute atomic E-state index is 8.92. The molecular weight excluding hydrogens is 322 g/mol. The number of nitriles is 1. The Kier molecular flexibility index (Phi) is 4.85. The van der Waals surface area contributed by atoms with Crippen LogP contribution in [0.2, 0.25) is 0 Å². The summed E-state index contributed by atoms with van der Waals surface area (Å²) in [4.78, 5) is 9.23. The number of hydrogen-bond acceptors (Lipinski definition) is 5. The van der Waals surface area contributed by atoms with E-state index in [1.54, 1.807) is 12.1 Å². The van der Waals surface area contributed by atoms with Gasteiger partial charge in [0.2, 0.25) is 5.95 Å². The van der Waals surface area contributed by atoms with Gasteiger partial charge in [0.1, 0.15) is 5.82 Å². The summed E-state index contributed by atoms with van der Waals surface area (Å²) in [6.45, 7) is 6.26. The lowest BCUT2D eigenvalue weighted by molar-refractivity contribution is 0.630. The molecule has 0 aliphatic heterocycles. The summed E-state index contributed by atoms with van der Waals surface area (Å²) < 4.78 is 0. The molecule has 1 aromatic heterocycles. The van der Waals surface area contributed by atoms with Gasteiger partial charge in [0.05, 0.1) is 17.3 Å². The van der Waals surface area contributed by atoms with Crippen molar-refractivity contribution in [1.29, 1.82) is 5.26 Å². The van der Waals surface area contributed by atoms with Gasteiger partial charge < -0.3 is 10.6 Å². The molecule has 26 heavy (non-hydrogen) atoms. The van der Waals surface area contributed by atoms with Gasteiger partial charge >= 0.3 is 0 Å². The van der Waals surface area contributed by atoms with Gasteiger partial charge in [-0.3, -0.25) is 0 Å². The number of benzene rings is 2. The molecule has 2 N–H and O–H groups in total. The first-order valence-electron chi connectivity index (χ1n) is 8.43. The Labute approximate surface area is 153 Å². The molecule has 0 fully saturated rings. The Morgan fingerprint density at radius 2 is 1.62 bits per heavy atom. The van der Waals surface area contributed by atoms with Gasteiger partial charge in [0.25, 0.3) is 0 Å². The first-order valence-corrected chi connectivity index (χ1v) is 8.43. The summed E-state index contributed by atoms with van der Waals surface area (Å²) in [5.74, 6) is 1.25. The largest absolute Gasteiger partial charge is 0.365 e. The minimum atomic E-state index is -0.117. The third-order valence-electron chi connectivity index (χ3n) is 3.57. The summed E-state index contributed by atoms with van der Waals surface area (Å²) in [7, 11) is 0. The normalized spacial score (nSPS) is 10.8. The fourth-order valence-electron chi connectivity index (χ4n) is 2.47. The maximum Gasteiger partial charge on any atom is 0.229 e. The summed E-state index contributed by atoms with van der Waals surface area (Å²) in [6.07, 6.45) is 0. The number of aromatic nitrogens is 2. The SMILES string of the molecule is CC(C)(C)Nc1cc(-c2ccccc2)nc(Nc2ccc(C#N)cc2)n1. The second-order valence-corrected chi connectivity index (χ2v) is 7.02. The minimum absolute atomic E-state index is 0.117. The van der Waals surface area contributed by atoms with Crippen LogP contribution in [0.3, 0.4) is 0 Å². The second-order valence-electron chi connectivity index (χ2n) is 7.02. The topological polar surface area (TPSA) is 73.6 Å². The number of nitrogens with zero attached hydrogens (tertiary/aromatic N) is 3. The molecule has 0 saturated carbocycles. The van der Waals surface area contributed by atoms with E-state index in [4.69, 9.17) is 5.26 Å². The summed E-state index contributed by atoms with van der Waals surface area (Å²) >= 11 is 0. The molecular formula is C21H21N5. The van der Waals surface area contributed by atoms with Crippen LogP contribution in [0.4, 0.5) is 17.5 Å². The molecule has 1 heterocycles. The average molecular weight is 343 g/mol. The maximum atomic E-state index is 8.92. The van der Waals surface area contributed by atoms with Crippen molar-refractivity contribution < 1.29 is 0 Å². The first-order chi connectivity index (χ1) is 12.4. The van der Waals surface area contributed by atoms with Crippen LogP contribution < -0.4 is 10.6 Å². The van der Waals surface area contributed by atoms with Crippen molar-refractivity contribution in [3.8, 4) is 17.3 Å². The van der Waals surface area contributed by atoms with Gasteiger partial charge in [0.15, 0.2) is 0 Å². The molecule has 0 bridgehead atoms. The zero-order chi connectivity index (χ0) is 18.6. The van der Waals surface area contributed by atoms with E-state index in [1.807, 2.05) is 48.5 Å². The van der Waals surface area contributed by atoms with Gasteiger partial charge in [-0.2, -0.15) is 10.2 Å². The second kappa shape index (κ2) is 7.24. The molecule has 0 unspecified atom stereocenters. The van der Waals surface area contributed by atoms with E-state index in [9.17, 15) is 0 Å². The van der Waals surface area contributed by atoms with Crippen molar-refractivity contribution in [3.63, 3.8) is 0 Å². The van der Waals surface area contributed by atoms with Gasteiger partial charge in [-0.25, -0.2) is 4.98 Å². The summed E-state index contributed by atoms with van der Waals surface area (Å²) in [5.41, 5.74) is 3.19. The van der Waals surface area contributed by atoms with Crippen molar-refractivity contribution in [2.45, 2.75) is 26.3 Å². The number of nitrogens with one attached hydrogen (secondary N) is 2. The Bertz CT molecular complexity index is 919. The molecule has 130 valence electrons.